The van der Waals surface area contributed by atoms with Crippen LogP contribution in [0.2, 0.25) is 0 Å². The minimum atomic E-state index is -4.96. The number of hydrogen-bond donors (Lipinski definition) is 0. The van der Waals surface area contributed by atoms with Gasteiger partial charge in [-0.3, -0.25) is 4.79 Å². The summed E-state index contributed by atoms with van der Waals surface area (Å²) in [6.45, 7) is 3.58. The number of rotatable bonds is 5. The third-order valence-corrected chi connectivity index (χ3v) is 8.00. The van der Waals surface area contributed by atoms with Gasteiger partial charge in [-0.2, -0.15) is 17.5 Å². The Morgan fingerprint density at radius 3 is 2.38 bits per heavy atom. The lowest BCUT2D eigenvalue weighted by atomic mass is 10.00. The molecule has 7 nitrogen and oxygen atoms in total. The lowest BCUT2D eigenvalue weighted by molar-refractivity contribution is -0.186. The van der Waals surface area contributed by atoms with Gasteiger partial charge in [-0.05, 0) is 48.7 Å². The van der Waals surface area contributed by atoms with Crippen LogP contribution >= 0.6 is 0 Å². The second kappa shape index (κ2) is 9.46. The highest BCUT2D eigenvalue weighted by molar-refractivity contribution is 7.89. The van der Waals surface area contributed by atoms with Gasteiger partial charge < -0.3 is 14.5 Å². The lowest BCUT2D eigenvalue weighted by Crippen LogP contribution is -2.48. The van der Waals surface area contributed by atoms with Gasteiger partial charge in [-0.15, -0.1) is 0 Å². The molecule has 2 aromatic rings. The smallest absolute Gasteiger partial charge is 0.471 e. The van der Waals surface area contributed by atoms with E-state index < -0.39 is 22.1 Å². The molecule has 0 atom stereocenters. The molecule has 0 aliphatic carbocycles. The maximum absolute atomic E-state index is 13.3. The molecule has 2 heterocycles. The summed E-state index contributed by atoms with van der Waals surface area (Å²) in [6, 6.07) is 12.1. The fourth-order valence-electron chi connectivity index (χ4n) is 4.36. The van der Waals surface area contributed by atoms with E-state index in [1.807, 2.05) is 31.2 Å². The number of alkyl halides is 3. The molecule has 34 heavy (non-hydrogen) atoms. The Bertz CT molecular complexity index is 1160. The van der Waals surface area contributed by atoms with Gasteiger partial charge in [-0.1, -0.05) is 18.2 Å². The number of piperazine rings is 1. The first-order chi connectivity index (χ1) is 16.1. The molecule has 1 fully saturated rings. The van der Waals surface area contributed by atoms with Crippen LogP contribution in [-0.2, 0) is 27.8 Å². The molecular weight excluding hydrogens is 471 g/mol. The van der Waals surface area contributed by atoms with Crippen molar-refractivity contribution < 1.29 is 31.1 Å². The van der Waals surface area contributed by atoms with Crippen molar-refractivity contribution in [3.8, 4) is 5.75 Å². The van der Waals surface area contributed by atoms with Crippen LogP contribution in [0.4, 0.5) is 18.9 Å². The number of anilines is 1. The molecule has 0 spiro atoms. The third-order valence-electron chi connectivity index (χ3n) is 6.10. The quantitative estimate of drug-likeness (QED) is 0.635. The number of sulfonamides is 1. The number of carbonyl (C=O) groups excluding carboxylic acids is 1. The van der Waals surface area contributed by atoms with E-state index in [1.165, 1.54) is 16.4 Å². The Morgan fingerprint density at radius 1 is 1.00 bits per heavy atom. The van der Waals surface area contributed by atoms with Crippen molar-refractivity contribution in [2.24, 2.45) is 0 Å². The number of amides is 1. The second-order valence-electron chi connectivity index (χ2n) is 8.20. The highest BCUT2D eigenvalue weighted by Crippen LogP contribution is 2.31. The van der Waals surface area contributed by atoms with Gasteiger partial charge in [0.15, 0.2) is 0 Å². The number of carbonyl (C=O) groups is 1. The number of nitrogens with zero attached hydrogens (tertiary/aromatic N) is 3. The van der Waals surface area contributed by atoms with E-state index in [2.05, 4.69) is 4.90 Å². The molecule has 0 bridgehead atoms. The van der Waals surface area contributed by atoms with Crippen LogP contribution in [0.3, 0.4) is 0 Å². The molecule has 0 unspecified atom stereocenters. The Hall–Kier alpha value is -2.79. The first-order valence-corrected chi connectivity index (χ1v) is 12.5. The summed E-state index contributed by atoms with van der Waals surface area (Å²) in [5.74, 6) is -1.16. The first kappa shape index (κ1) is 24.3. The van der Waals surface area contributed by atoms with E-state index in [0.717, 1.165) is 17.0 Å². The number of benzene rings is 2. The van der Waals surface area contributed by atoms with Crippen molar-refractivity contribution >= 4 is 21.6 Å². The van der Waals surface area contributed by atoms with Gasteiger partial charge in [0.2, 0.25) is 10.0 Å². The SMILES string of the molecule is CCOc1ccccc1N1CCN(S(=O)(=O)c2ccc3c(c2)CN(C(=O)C(F)(F)F)CC3)CC1. The molecule has 184 valence electrons. The summed E-state index contributed by atoms with van der Waals surface area (Å²) in [5, 5.41) is 0. The number of ether oxygens (including phenoxy) is 1. The summed E-state index contributed by atoms with van der Waals surface area (Å²) in [7, 11) is -3.84. The molecule has 0 saturated carbocycles. The summed E-state index contributed by atoms with van der Waals surface area (Å²) < 4.78 is 72.1. The fourth-order valence-corrected chi connectivity index (χ4v) is 5.83. The Morgan fingerprint density at radius 2 is 1.71 bits per heavy atom. The normalized spacial score (nSPS) is 17.4. The van der Waals surface area contributed by atoms with Gasteiger partial charge in [0.25, 0.3) is 0 Å². The number of halogens is 3. The molecule has 2 aliphatic rings. The van der Waals surface area contributed by atoms with Gasteiger partial charge in [0.05, 0.1) is 17.2 Å². The van der Waals surface area contributed by atoms with Crippen LogP contribution in [0, 0.1) is 0 Å². The minimum Gasteiger partial charge on any atom is -0.492 e. The van der Waals surface area contributed by atoms with Crippen molar-refractivity contribution in [1.82, 2.24) is 9.21 Å². The van der Waals surface area contributed by atoms with Gasteiger partial charge >= 0.3 is 12.1 Å². The summed E-state index contributed by atoms with van der Waals surface area (Å²) in [5.41, 5.74) is 2.08. The van der Waals surface area contributed by atoms with Crippen molar-refractivity contribution in [2.75, 3.05) is 44.2 Å². The molecule has 0 aromatic heterocycles. The minimum absolute atomic E-state index is 0.0238. The van der Waals surface area contributed by atoms with Crippen molar-refractivity contribution in [2.45, 2.75) is 31.0 Å². The summed E-state index contributed by atoms with van der Waals surface area (Å²) in [6.07, 6.45) is -4.71. The maximum atomic E-state index is 13.3. The van der Waals surface area contributed by atoms with E-state index in [9.17, 15) is 26.4 Å². The van der Waals surface area contributed by atoms with Crippen molar-refractivity contribution in [3.63, 3.8) is 0 Å². The maximum Gasteiger partial charge on any atom is 0.471 e. The Kier molecular flexibility index (Phi) is 6.77. The molecule has 11 heteroatoms. The molecule has 0 N–H and O–H groups in total. The predicted octanol–water partition coefficient (Wildman–Crippen LogP) is 3.04. The molecule has 2 aliphatic heterocycles. The monoisotopic (exact) mass is 497 g/mol. The van der Waals surface area contributed by atoms with Crippen LogP contribution in [0.1, 0.15) is 18.1 Å². The molecule has 0 radical (unpaired) electrons. The molecule has 1 saturated heterocycles. The molecule has 4 rings (SSSR count). The third kappa shape index (κ3) is 4.85. The van der Waals surface area contributed by atoms with E-state index >= 15 is 0 Å². The van der Waals surface area contributed by atoms with E-state index in [4.69, 9.17) is 4.74 Å². The van der Waals surface area contributed by atoms with E-state index in [-0.39, 0.29) is 37.5 Å². The highest BCUT2D eigenvalue weighted by Gasteiger charge is 2.43. The van der Waals surface area contributed by atoms with E-state index in [0.29, 0.717) is 30.2 Å². The van der Waals surface area contributed by atoms with Gasteiger partial charge in [-0.25, -0.2) is 8.42 Å². The van der Waals surface area contributed by atoms with Gasteiger partial charge in [0, 0.05) is 39.3 Å². The van der Waals surface area contributed by atoms with Gasteiger partial charge in [0.1, 0.15) is 5.75 Å². The Balaban J connectivity index is 1.48. The first-order valence-electron chi connectivity index (χ1n) is 11.1. The number of para-hydroxylation sites is 2. The van der Waals surface area contributed by atoms with Crippen molar-refractivity contribution in [3.05, 3.63) is 53.6 Å². The topological polar surface area (TPSA) is 70.2 Å². The second-order valence-corrected chi connectivity index (χ2v) is 10.1. The predicted molar refractivity (Wildman–Crippen MR) is 120 cm³/mol. The molecular formula is C23H26F3N3O4S. The standard InChI is InChI=1S/C23H26F3N3O4S/c1-2-33-21-6-4-3-5-20(21)27-11-13-29(14-12-27)34(31,32)19-8-7-17-9-10-28(16-18(17)15-19)22(30)23(24,25)26/h3-8,15H,2,9-14,16H2,1H3. The number of hydrogen-bond acceptors (Lipinski definition) is 5. The van der Waals surface area contributed by atoms with Crippen LogP contribution < -0.4 is 9.64 Å². The van der Waals surface area contributed by atoms with Crippen LogP contribution in [0.5, 0.6) is 5.75 Å². The van der Waals surface area contributed by atoms with Crippen LogP contribution in [0.15, 0.2) is 47.4 Å². The van der Waals surface area contributed by atoms with Crippen molar-refractivity contribution in [1.29, 1.82) is 0 Å². The zero-order valence-corrected chi connectivity index (χ0v) is 19.5. The van der Waals surface area contributed by atoms with E-state index in [1.54, 1.807) is 6.07 Å². The number of fused-ring (bicyclic) bond motifs is 1. The largest absolute Gasteiger partial charge is 0.492 e. The molecule has 2 aromatic carbocycles. The molecule has 1 amide bonds. The summed E-state index contributed by atoms with van der Waals surface area (Å²) >= 11 is 0. The fraction of sp³-hybridized carbons (Fsp3) is 0.435. The average molecular weight is 498 g/mol. The summed E-state index contributed by atoms with van der Waals surface area (Å²) in [4.78, 5) is 14.4. The zero-order chi connectivity index (χ0) is 24.5. The van der Waals surface area contributed by atoms with Crippen LogP contribution in [0.25, 0.3) is 0 Å². The average Bonchev–Trinajstić information content (AvgIpc) is 2.83. The van der Waals surface area contributed by atoms with Crippen LogP contribution in [-0.4, -0.2) is 69.0 Å². The zero-order valence-electron chi connectivity index (χ0n) is 18.7. The highest BCUT2D eigenvalue weighted by atomic mass is 32.2. The Labute approximate surface area is 196 Å². The lowest BCUT2D eigenvalue weighted by Gasteiger charge is -2.36.